The summed E-state index contributed by atoms with van der Waals surface area (Å²) >= 11 is 0. The van der Waals surface area contributed by atoms with Crippen molar-refractivity contribution >= 4 is 11.9 Å². The zero-order chi connectivity index (χ0) is 19.3. The maximum atomic E-state index is 11.5. The molecule has 0 bridgehead atoms. The number of imide groups is 1. The predicted molar refractivity (Wildman–Crippen MR) is 108 cm³/mol. The van der Waals surface area contributed by atoms with E-state index in [9.17, 15) is 9.59 Å². The summed E-state index contributed by atoms with van der Waals surface area (Å²) in [5.41, 5.74) is 2.13. The summed E-state index contributed by atoms with van der Waals surface area (Å²) < 4.78 is 0. The van der Waals surface area contributed by atoms with E-state index < -0.39 is 12.1 Å². The molecule has 6 heteroatoms. The van der Waals surface area contributed by atoms with Crippen molar-refractivity contribution in [1.29, 1.82) is 0 Å². The van der Waals surface area contributed by atoms with Crippen LogP contribution in [0.1, 0.15) is 43.2 Å². The standard InChI is InChI=1S/C22H28N4O2/c27-21-20(23-22(28)24-21)11-10-17-6-8-18(9-7-17)16-25-12-14-26(15-13-25)19-4-2-1-3-5-19/h6-9,19-20H,1-5,12-16H2,(H2,23,24,27,28). The number of rotatable bonds is 3. The summed E-state index contributed by atoms with van der Waals surface area (Å²) in [5.74, 6) is 5.38. The van der Waals surface area contributed by atoms with Gasteiger partial charge in [-0.3, -0.25) is 19.9 Å². The van der Waals surface area contributed by atoms with Gasteiger partial charge in [0.15, 0.2) is 6.04 Å². The van der Waals surface area contributed by atoms with Crippen molar-refractivity contribution in [2.24, 2.45) is 0 Å². The fraction of sp³-hybridized carbons (Fsp3) is 0.545. The van der Waals surface area contributed by atoms with Crippen LogP contribution in [-0.4, -0.2) is 60.0 Å². The molecule has 3 aliphatic rings. The van der Waals surface area contributed by atoms with Crippen molar-refractivity contribution in [3.63, 3.8) is 0 Å². The topological polar surface area (TPSA) is 64.7 Å². The highest BCUT2D eigenvalue weighted by Crippen LogP contribution is 2.23. The minimum absolute atomic E-state index is 0.388. The van der Waals surface area contributed by atoms with Gasteiger partial charge in [-0.25, -0.2) is 4.79 Å². The lowest BCUT2D eigenvalue weighted by Gasteiger charge is -2.40. The van der Waals surface area contributed by atoms with E-state index in [0.717, 1.165) is 31.2 Å². The van der Waals surface area contributed by atoms with E-state index >= 15 is 0 Å². The Hall–Kier alpha value is -2.36. The molecular formula is C22H28N4O2. The molecule has 2 heterocycles. The molecule has 1 aromatic rings. The minimum atomic E-state index is -0.757. The van der Waals surface area contributed by atoms with Crippen LogP contribution in [0.5, 0.6) is 0 Å². The SMILES string of the molecule is O=C1NC(=O)C(C#Cc2ccc(CN3CCN(C4CCCCC4)CC3)cc2)N1. The maximum Gasteiger partial charge on any atom is 0.322 e. The van der Waals surface area contributed by atoms with Crippen LogP contribution in [0, 0.1) is 11.8 Å². The molecule has 28 heavy (non-hydrogen) atoms. The van der Waals surface area contributed by atoms with Crippen LogP contribution in [-0.2, 0) is 11.3 Å². The number of urea groups is 1. The molecule has 0 spiro atoms. The van der Waals surface area contributed by atoms with Crippen LogP contribution < -0.4 is 10.6 Å². The zero-order valence-electron chi connectivity index (χ0n) is 16.2. The lowest BCUT2D eigenvalue weighted by atomic mass is 9.94. The predicted octanol–water partition coefficient (Wildman–Crippen LogP) is 1.70. The van der Waals surface area contributed by atoms with E-state index in [4.69, 9.17) is 0 Å². The molecule has 2 N–H and O–H groups in total. The Morgan fingerprint density at radius 2 is 1.68 bits per heavy atom. The first kappa shape index (κ1) is 19.0. The number of benzene rings is 1. The molecule has 2 saturated heterocycles. The molecule has 1 aliphatic carbocycles. The third kappa shape index (κ3) is 4.73. The summed E-state index contributed by atoms with van der Waals surface area (Å²) in [6.07, 6.45) is 6.98. The molecular weight excluding hydrogens is 352 g/mol. The third-order valence-corrected chi connectivity index (χ3v) is 5.99. The van der Waals surface area contributed by atoms with E-state index in [0.29, 0.717) is 0 Å². The van der Waals surface area contributed by atoms with Crippen molar-refractivity contribution in [3.05, 3.63) is 35.4 Å². The maximum absolute atomic E-state index is 11.5. The Labute approximate surface area is 166 Å². The lowest BCUT2D eigenvalue weighted by Crippen LogP contribution is -2.50. The fourth-order valence-corrected chi connectivity index (χ4v) is 4.36. The van der Waals surface area contributed by atoms with Gasteiger partial charge in [0.1, 0.15) is 0 Å². The van der Waals surface area contributed by atoms with Gasteiger partial charge in [0, 0.05) is 44.3 Å². The minimum Gasteiger partial charge on any atom is -0.316 e. The summed E-state index contributed by atoms with van der Waals surface area (Å²) in [7, 11) is 0. The number of amides is 3. The Bertz CT molecular complexity index is 766. The van der Waals surface area contributed by atoms with Crippen molar-refractivity contribution in [1.82, 2.24) is 20.4 Å². The number of nitrogens with zero attached hydrogens (tertiary/aromatic N) is 2. The third-order valence-electron chi connectivity index (χ3n) is 5.99. The van der Waals surface area contributed by atoms with Gasteiger partial charge in [0.2, 0.25) is 0 Å². The highest BCUT2D eigenvalue weighted by molar-refractivity contribution is 6.05. The van der Waals surface area contributed by atoms with E-state index in [1.165, 1.54) is 50.8 Å². The van der Waals surface area contributed by atoms with Gasteiger partial charge < -0.3 is 5.32 Å². The van der Waals surface area contributed by atoms with Crippen LogP contribution in [0.15, 0.2) is 24.3 Å². The number of hydrogen-bond donors (Lipinski definition) is 2. The van der Waals surface area contributed by atoms with Crippen molar-refractivity contribution < 1.29 is 9.59 Å². The summed E-state index contributed by atoms with van der Waals surface area (Å²) in [6, 6.07) is 7.75. The monoisotopic (exact) mass is 380 g/mol. The van der Waals surface area contributed by atoms with Gasteiger partial charge in [-0.05, 0) is 30.5 Å². The first-order chi connectivity index (χ1) is 13.7. The van der Waals surface area contributed by atoms with Gasteiger partial charge in [-0.1, -0.05) is 43.2 Å². The van der Waals surface area contributed by atoms with Crippen LogP contribution in [0.25, 0.3) is 0 Å². The molecule has 0 radical (unpaired) electrons. The van der Waals surface area contributed by atoms with E-state index in [1.807, 2.05) is 12.1 Å². The molecule has 1 saturated carbocycles. The molecule has 1 atom stereocenters. The second-order valence-corrected chi connectivity index (χ2v) is 7.97. The van der Waals surface area contributed by atoms with E-state index in [-0.39, 0.29) is 5.91 Å². The van der Waals surface area contributed by atoms with Crippen LogP contribution in [0.3, 0.4) is 0 Å². The Morgan fingerprint density at radius 1 is 0.964 bits per heavy atom. The highest BCUT2D eigenvalue weighted by Gasteiger charge is 2.27. The molecule has 4 rings (SSSR count). The average Bonchev–Trinajstić information content (AvgIpc) is 3.06. The van der Waals surface area contributed by atoms with Crippen LogP contribution in [0.2, 0.25) is 0 Å². The molecule has 6 nitrogen and oxygen atoms in total. The molecule has 148 valence electrons. The number of carbonyl (C=O) groups excluding carboxylic acids is 2. The number of hydrogen-bond acceptors (Lipinski definition) is 4. The quantitative estimate of drug-likeness (QED) is 0.619. The average molecular weight is 380 g/mol. The molecule has 0 aromatic heterocycles. The first-order valence-electron chi connectivity index (χ1n) is 10.4. The highest BCUT2D eigenvalue weighted by atomic mass is 16.2. The Kier molecular flexibility index (Phi) is 5.94. The second kappa shape index (κ2) is 8.76. The van der Waals surface area contributed by atoms with E-state index in [1.54, 1.807) is 0 Å². The van der Waals surface area contributed by atoms with Gasteiger partial charge in [0.05, 0.1) is 0 Å². The Balaban J connectivity index is 1.26. The summed E-state index contributed by atoms with van der Waals surface area (Å²) in [5, 5.41) is 4.66. The van der Waals surface area contributed by atoms with Crippen LogP contribution in [0.4, 0.5) is 4.79 Å². The molecule has 3 fully saturated rings. The smallest absolute Gasteiger partial charge is 0.316 e. The fourth-order valence-electron chi connectivity index (χ4n) is 4.36. The second-order valence-electron chi connectivity index (χ2n) is 7.97. The number of carbonyl (C=O) groups is 2. The zero-order valence-corrected chi connectivity index (χ0v) is 16.2. The van der Waals surface area contributed by atoms with E-state index in [2.05, 4.69) is 44.4 Å². The van der Waals surface area contributed by atoms with Gasteiger partial charge in [0.25, 0.3) is 5.91 Å². The summed E-state index contributed by atoms with van der Waals surface area (Å²) in [6.45, 7) is 5.60. The van der Waals surface area contributed by atoms with Crippen LogP contribution >= 0.6 is 0 Å². The van der Waals surface area contributed by atoms with Crippen molar-refractivity contribution in [2.75, 3.05) is 26.2 Å². The molecule has 1 aromatic carbocycles. The molecule has 2 aliphatic heterocycles. The number of nitrogens with one attached hydrogen (secondary N) is 2. The normalized spacial score (nSPS) is 24.4. The largest absolute Gasteiger partial charge is 0.322 e. The Morgan fingerprint density at radius 3 is 2.32 bits per heavy atom. The van der Waals surface area contributed by atoms with Gasteiger partial charge in [-0.2, -0.15) is 0 Å². The summed E-state index contributed by atoms with van der Waals surface area (Å²) in [4.78, 5) is 27.8. The number of piperazine rings is 1. The van der Waals surface area contributed by atoms with Gasteiger partial charge >= 0.3 is 6.03 Å². The lowest BCUT2D eigenvalue weighted by molar-refractivity contribution is -0.119. The van der Waals surface area contributed by atoms with Crippen molar-refractivity contribution in [3.8, 4) is 11.8 Å². The molecule has 1 unspecified atom stereocenters. The van der Waals surface area contributed by atoms with Gasteiger partial charge in [-0.15, -0.1) is 0 Å². The molecule has 3 amide bonds. The van der Waals surface area contributed by atoms with Crippen molar-refractivity contribution in [2.45, 2.75) is 50.7 Å². The first-order valence-corrected chi connectivity index (χ1v) is 10.4.